The molecule has 1 unspecified atom stereocenters. The summed E-state index contributed by atoms with van der Waals surface area (Å²) in [4.78, 5) is 8.42. The largest absolute Gasteiger partial charge is 0.271 e. The lowest BCUT2D eigenvalue weighted by molar-refractivity contribution is 0.520. The maximum absolute atomic E-state index is 13.4. The van der Waals surface area contributed by atoms with Crippen molar-refractivity contribution in [3.8, 4) is 0 Å². The Balaban J connectivity index is 2.18. The van der Waals surface area contributed by atoms with E-state index in [1.807, 2.05) is 6.92 Å². The van der Waals surface area contributed by atoms with Crippen molar-refractivity contribution in [1.29, 1.82) is 0 Å². The maximum Gasteiger partial charge on any atom is 0.146 e. The Labute approximate surface area is 115 Å². The number of nitrogens with zero attached hydrogens (tertiary/aromatic N) is 2. The van der Waals surface area contributed by atoms with E-state index in [0.717, 1.165) is 11.1 Å². The molecule has 0 radical (unpaired) electrons. The van der Waals surface area contributed by atoms with Crippen LogP contribution in [0.5, 0.6) is 0 Å². The van der Waals surface area contributed by atoms with Gasteiger partial charge < -0.3 is 0 Å². The van der Waals surface area contributed by atoms with Gasteiger partial charge in [-0.3, -0.25) is 5.84 Å². The molecule has 3 N–H and O–H groups in total. The van der Waals surface area contributed by atoms with Gasteiger partial charge in [-0.2, -0.15) is 0 Å². The Morgan fingerprint density at radius 1 is 1.37 bits per heavy atom. The van der Waals surface area contributed by atoms with Gasteiger partial charge >= 0.3 is 0 Å². The molecule has 0 aliphatic carbocycles. The average molecular weight is 281 g/mol. The van der Waals surface area contributed by atoms with E-state index in [4.69, 9.17) is 17.4 Å². The molecule has 6 heteroatoms. The van der Waals surface area contributed by atoms with Crippen molar-refractivity contribution in [1.82, 2.24) is 15.4 Å². The molecule has 2 aromatic rings. The summed E-state index contributed by atoms with van der Waals surface area (Å²) < 4.78 is 13.4. The standard InChI is InChI=1S/C13H14ClFN4/c1-8-6-17-13(18-7-8)12(19-16)5-9-2-3-10(14)11(15)4-9/h2-4,6-7,12,19H,5,16H2,1H3. The van der Waals surface area contributed by atoms with E-state index in [1.165, 1.54) is 12.1 Å². The first-order chi connectivity index (χ1) is 9.10. The first-order valence-corrected chi connectivity index (χ1v) is 6.16. The molecule has 1 heterocycles. The highest BCUT2D eigenvalue weighted by Crippen LogP contribution is 2.19. The molecule has 0 spiro atoms. The van der Waals surface area contributed by atoms with Crippen molar-refractivity contribution < 1.29 is 4.39 Å². The van der Waals surface area contributed by atoms with E-state index in [-0.39, 0.29) is 11.1 Å². The molecule has 0 saturated carbocycles. The zero-order valence-corrected chi connectivity index (χ0v) is 11.2. The van der Waals surface area contributed by atoms with Crippen LogP contribution in [0.1, 0.15) is 23.0 Å². The Kier molecular flexibility index (Phi) is 4.42. The third kappa shape index (κ3) is 3.47. The number of halogens is 2. The number of benzene rings is 1. The van der Waals surface area contributed by atoms with Crippen molar-refractivity contribution >= 4 is 11.6 Å². The SMILES string of the molecule is Cc1cnc(C(Cc2ccc(Cl)c(F)c2)NN)nc1. The summed E-state index contributed by atoms with van der Waals surface area (Å²) in [6, 6.07) is 4.39. The van der Waals surface area contributed by atoms with Crippen molar-refractivity contribution in [2.24, 2.45) is 5.84 Å². The van der Waals surface area contributed by atoms with Crippen molar-refractivity contribution in [3.63, 3.8) is 0 Å². The maximum atomic E-state index is 13.4. The number of rotatable bonds is 4. The predicted octanol–water partition coefficient (Wildman–Crippen LogP) is 2.32. The minimum Gasteiger partial charge on any atom is -0.271 e. The molecule has 1 atom stereocenters. The molecule has 0 bridgehead atoms. The second kappa shape index (κ2) is 6.06. The Morgan fingerprint density at radius 2 is 2.05 bits per heavy atom. The highest BCUT2D eigenvalue weighted by molar-refractivity contribution is 6.30. The number of hydrogen-bond acceptors (Lipinski definition) is 4. The van der Waals surface area contributed by atoms with E-state index < -0.39 is 5.82 Å². The van der Waals surface area contributed by atoms with Crippen LogP contribution in [0, 0.1) is 12.7 Å². The van der Waals surface area contributed by atoms with Crippen molar-refractivity contribution in [3.05, 3.63) is 58.4 Å². The number of aromatic nitrogens is 2. The summed E-state index contributed by atoms with van der Waals surface area (Å²) in [5, 5.41) is 0.104. The van der Waals surface area contributed by atoms with E-state index >= 15 is 0 Å². The summed E-state index contributed by atoms with van der Waals surface area (Å²) in [7, 11) is 0. The number of nitrogens with one attached hydrogen (secondary N) is 1. The topological polar surface area (TPSA) is 63.8 Å². The zero-order valence-electron chi connectivity index (χ0n) is 10.4. The second-order valence-electron chi connectivity index (χ2n) is 4.29. The van der Waals surface area contributed by atoms with Gasteiger partial charge in [0.15, 0.2) is 0 Å². The Hall–Kier alpha value is -1.56. The normalized spacial score (nSPS) is 12.4. The number of hydrogen-bond donors (Lipinski definition) is 2. The van der Waals surface area contributed by atoms with Gasteiger partial charge in [0, 0.05) is 12.4 Å². The lowest BCUT2D eigenvalue weighted by atomic mass is 10.1. The van der Waals surface area contributed by atoms with Crippen LogP contribution in [0.2, 0.25) is 5.02 Å². The van der Waals surface area contributed by atoms with Gasteiger partial charge in [0.25, 0.3) is 0 Å². The minimum absolute atomic E-state index is 0.104. The first-order valence-electron chi connectivity index (χ1n) is 5.78. The van der Waals surface area contributed by atoms with Gasteiger partial charge in [-0.25, -0.2) is 19.8 Å². The van der Waals surface area contributed by atoms with Crippen LogP contribution >= 0.6 is 11.6 Å². The molecular weight excluding hydrogens is 267 g/mol. The Morgan fingerprint density at radius 3 is 2.63 bits per heavy atom. The smallest absolute Gasteiger partial charge is 0.146 e. The molecule has 0 aliphatic heterocycles. The number of nitrogens with two attached hydrogens (primary N) is 1. The minimum atomic E-state index is -0.445. The lowest BCUT2D eigenvalue weighted by Gasteiger charge is -2.14. The van der Waals surface area contributed by atoms with Crippen LogP contribution < -0.4 is 11.3 Å². The molecule has 2 rings (SSSR count). The van der Waals surface area contributed by atoms with Crippen LogP contribution in [0.25, 0.3) is 0 Å². The molecular formula is C13H14ClFN4. The third-order valence-electron chi connectivity index (χ3n) is 2.74. The van der Waals surface area contributed by atoms with Crippen molar-refractivity contribution in [2.75, 3.05) is 0 Å². The molecule has 1 aromatic carbocycles. The highest BCUT2D eigenvalue weighted by Gasteiger charge is 2.14. The van der Waals surface area contributed by atoms with Gasteiger partial charge in [0.05, 0.1) is 11.1 Å². The van der Waals surface area contributed by atoms with Gasteiger partial charge in [0.2, 0.25) is 0 Å². The second-order valence-corrected chi connectivity index (χ2v) is 4.70. The average Bonchev–Trinajstić information content (AvgIpc) is 2.41. The molecule has 0 aliphatic rings. The van der Waals surface area contributed by atoms with Crippen molar-refractivity contribution in [2.45, 2.75) is 19.4 Å². The van der Waals surface area contributed by atoms with Gasteiger partial charge in [-0.15, -0.1) is 0 Å². The van der Waals surface area contributed by atoms with Crippen LogP contribution in [0.15, 0.2) is 30.6 Å². The fourth-order valence-corrected chi connectivity index (χ4v) is 1.83. The summed E-state index contributed by atoms with van der Waals surface area (Å²) in [6.07, 6.45) is 3.91. The molecule has 0 amide bonds. The molecule has 0 fully saturated rings. The molecule has 0 saturated heterocycles. The molecule has 4 nitrogen and oxygen atoms in total. The molecule has 1 aromatic heterocycles. The van der Waals surface area contributed by atoms with Crippen LogP contribution in [0.3, 0.4) is 0 Å². The van der Waals surface area contributed by atoms with Gasteiger partial charge in [0.1, 0.15) is 11.6 Å². The molecule has 100 valence electrons. The third-order valence-corrected chi connectivity index (χ3v) is 3.04. The number of aryl methyl sites for hydroxylation is 1. The monoisotopic (exact) mass is 280 g/mol. The zero-order chi connectivity index (χ0) is 13.8. The molecule has 19 heavy (non-hydrogen) atoms. The van der Waals surface area contributed by atoms with Crippen LogP contribution in [-0.2, 0) is 6.42 Å². The Bertz CT molecular complexity index is 559. The predicted molar refractivity (Wildman–Crippen MR) is 71.9 cm³/mol. The van der Waals surface area contributed by atoms with Crippen LogP contribution in [-0.4, -0.2) is 9.97 Å². The summed E-state index contributed by atoms with van der Waals surface area (Å²) >= 11 is 5.65. The summed E-state index contributed by atoms with van der Waals surface area (Å²) in [5.41, 5.74) is 4.38. The fourth-order valence-electron chi connectivity index (χ4n) is 1.71. The van der Waals surface area contributed by atoms with E-state index in [0.29, 0.717) is 12.2 Å². The van der Waals surface area contributed by atoms with Gasteiger partial charge in [-0.1, -0.05) is 17.7 Å². The summed E-state index contributed by atoms with van der Waals surface area (Å²) in [5.74, 6) is 5.64. The summed E-state index contributed by atoms with van der Waals surface area (Å²) in [6.45, 7) is 1.91. The fraction of sp³-hybridized carbons (Fsp3) is 0.231. The van der Waals surface area contributed by atoms with E-state index in [9.17, 15) is 4.39 Å². The van der Waals surface area contributed by atoms with E-state index in [1.54, 1.807) is 18.5 Å². The quantitative estimate of drug-likeness (QED) is 0.666. The van der Waals surface area contributed by atoms with Gasteiger partial charge in [-0.05, 0) is 36.6 Å². The number of hydrazine groups is 1. The van der Waals surface area contributed by atoms with E-state index in [2.05, 4.69) is 15.4 Å². The van der Waals surface area contributed by atoms with Crippen LogP contribution in [0.4, 0.5) is 4.39 Å². The lowest BCUT2D eigenvalue weighted by Crippen LogP contribution is -2.31. The highest BCUT2D eigenvalue weighted by atomic mass is 35.5. The first kappa shape index (κ1) is 13.9.